The predicted octanol–water partition coefficient (Wildman–Crippen LogP) is -0.638. The molecule has 0 aliphatic carbocycles. The number of hydrogen-bond acceptors (Lipinski definition) is 7. The Morgan fingerprint density at radius 1 is 1.22 bits per heavy atom. The van der Waals surface area contributed by atoms with Gasteiger partial charge >= 0.3 is 6.03 Å². The molecule has 2 N–H and O–H groups in total. The third-order valence-corrected chi connectivity index (χ3v) is 4.91. The first-order chi connectivity index (χ1) is 12.8. The lowest BCUT2D eigenvalue weighted by molar-refractivity contribution is -0.136. The molecular formula is C18H25N5O4. The number of carbonyl (C=O) groups excluding carboxylic acids is 2. The van der Waals surface area contributed by atoms with Crippen LogP contribution in [0, 0.1) is 0 Å². The molecule has 3 atom stereocenters. The molecule has 9 nitrogen and oxygen atoms in total. The molecule has 3 unspecified atom stereocenters. The zero-order valence-corrected chi connectivity index (χ0v) is 15.7. The summed E-state index contributed by atoms with van der Waals surface area (Å²) in [4.78, 5) is 35.7. The second kappa shape index (κ2) is 7.53. The van der Waals surface area contributed by atoms with E-state index in [9.17, 15) is 19.8 Å². The molecule has 9 heteroatoms. The molecule has 1 fully saturated rings. The number of fused-ring (bicyclic) bond motifs is 1. The SMILES string of the molecule is CN(Cc1ccccc1)C1=NC2C(C(=O)N(C)C(=O)N2C)N1CC(O)CO. The van der Waals surface area contributed by atoms with Gasteiger partial charge in [-0.3, -0.25) is 9.69 Å². The fourth-order valence-corrected chi connectivity index (χ4v) is 3.48. The van der Waals surface area contributed by atoms with E-state index in [0.717, 1.165) is 10.5 Å². The van der Waals surface area contributed by atoms with Crippen LogP contribution in [0.4, 0.5) is 4.79 Å². The van der Waals surface area contributed by atoms with Gasteiger partial charge in [-0.05, 0) is 5.56 Å². The van der Waals surface area contributed by atoms with Crippen LogP contribution < -0.4 is 0 Å². The number of β-amino-alcohol motifs (C(OH)–C–C–N with tert-alkyl or cyclic N) is 1. The third-order valence-electron chi connectivity index (χ3n) is 4.91. The number of aliphatic imine (C=N–C) groups is 1. The number of amides is 3. The van der Waals surface area contributed by atoms with Gasteiger partial charge in [-0.15, -0.1) is 0 Å². The third kappa shape index (κ3) is 3.47. The quantitative estimate of drug-likeness (QED) is 0.710. The molecule has 1 aromatic carbocycles. The van der Waals surface area contributed by atoms with E-state index >= 15 is 0 Å². The first-order valence-electron chi connectivity index (χ1n) is 8.78. The smallest absolute Gasteiger partial charge is 0.328 e. The van der Waals surface area contributed by atoms with Crippen molar-refractivity contribution in [2.45, 2.75) is 24.9 Å². The van der Waals surface area contributed by atoms with Crippen LogP contribution in [0.15, 0.2) is 35.3 Å². The molecule has 3 amide bonds. The van der Waals surface area contributed by atoms with Crippen LogP contribution in [-0.4, -0.2) is 100 Å². The van der Waals surface area contributed by atoms with Crippen molar-refractivity contribution < 1.29 is 19.8 Å². The fourth-order valence-electron chi connectivity index (χ4n) is 3.48. The van der Waals surface area contributed by atoms with Crippen molar-refractivity contribution in [3.05, 3.63) is 35.9 Å². The van der Waals surface area contributed by atoms with Crippen molar-refractivity contribution in [1.82, 2.24) is 19.6 Å². The molecule has 0 radical (unpaired) electrons. The van der Waals surface area contributed by atoms with E-state index in [1.165, 1.54) is 11.9 Å². The average Bonchev–Trinajstić information content (AvgIpc) is 3.04. The zero-order valence-electron chi connectivity index (χ0n) is 15.7. The number of imide groups is 1. The van der Waals surface area contributed by atoms with E-state index in [2.05, 4.69) is 4.99 Å². The summed E-state index contributed by atoms with van der Waals surface area (Å²) >= 11 is 0. The number of carbonyl (C=O) groups is 2. The number of guanidine groups is 1. The normalized spacial score (nSPS) is 23.4. The zero-order chi connectivity index (χ0) is 19.7. The number of hydrogen-bond donors (Lipinski definition) is 2. The molecule has 27 heavy (non-hydrogen) atoms. The largest absolute Gasteiger partial charge is 0.394 e. The molecule has 146 valence electrons. The number of urea groups is 1. The summed E-state index contributed by atoms with van der Waals surface area (Å²) in [5.74, 6) is 0.129. The fraction of sp³-hybridized carbons (Fsp3) is 0.500. The summed E-state index contributed by atoms with van der Waals surface area (Å²) in [5.41, 5.74) is 1.06. The predicted molar refractivity (Wildman–Crippen MR) is 98.6 cm³/mol. The molecule has 1 saturated heterocycles. The summed E-state index contributed by atoms with van der Waals surface area (Å²) in [6.07, 6.45) is -1.69. The molecule has 0 aromatic heterocycles. The standard InChI is InChI=1S/C18H25N5O4/c1-20(9-12-7-5-4-6-8-12)17-19-15-14(23(17)10-13(25)11-24)16(26)22(3)18(27)21(15)2/h4-8,13-15,24-25H,9-11H2,1-3H3. The average molecular weight is 375 g/mol. The van der Waals surface area contributed by atoms with Crippen LogP contribution in [0.3, 0.4) is 0 Å². The second-order valence-corrected chi connectivity index (χ2v) is 6.91. The molecule has 0 spiro atoms. The molecule has 2 aliphatic heterocycles. The Balaban J connectivity index is 1.92. The number of rotatable bonds is 5. The van der Waals surface area contributed by atoms with Crippen LogP contribution in [0.2, 0.25) is 0 Å². The van der Waals surface area contributed by atoms with Crippen molar-refractivity contribution in [1.29, 1.82) is 0 Å². The van der Waals surface area contributed by atoms with Gasteiger partial charge in [0.15, 0.2) is 18.2 Å². The minimum Gasteiger partial charge on any atom is -0.394 e. The Kier molecular flexibility index (Phi) is 5.33. The van der Waals surface area contributed by atoms with Crippen molar-refractivity contribution >= 4 is 17.9 Å². The highest BCUT2D eigenvalue weighted by atomic mass is 16.3. The minimum atomic E-state index is -1.03. The van der Waals surface area contributed by atoms with Gasteiger partial charge in [-0.2, -0.15) is 0 Å². The van der Waals surface area contributed by atoms with Crippen LogP contribution >= 0.6 is 0 Å². The maximum atomic E-state index is 12.8. The van der Waals surface area contributed by atoms with Gasteiger partial charge in [0.05, 0.1) is 12.7 Å². The van der Waals surface area contributed by atoms with E-state index in [-0.39, 0.29) is 12.5 Å². The van der Waals surface area contributed by atoms with Crippen molar-refractivity contribution in [2.75, 3.05) is 34.3 Å². The monoisotopic (exact) mass is 375 g/mol. The van der Waals surface area contributed by atoms with Crippen LogP contribution in [0.1, 0.15) is 5.56 Å². The minimum absolute atomic E-state index is 0.0389. The number of benzene rings is 1. The van der Waals surface area contributed by atoms with E-state index in [1.807, 2.05) is 42.3 Å². The topological polar surface area (TPSA) is 99.9 Å². The first-order valence-corrected chi connectivity index (χ1v) is 8.78. The van der Waals surface area contributed by atoms with Crippen LogP contribution in [-0.2, 0) is 11.3 Å². The summed E-state index contributed by atoms with van der Waals surface area (Å²) in [6, 6.07) is 8.65. The highest BCUT2D eigenvalue weighted by molar-refractivity contribution is 6.03. The maximum Gasteiger partial charge on any atom is 0.328 e. The van der Waals surface area contributed by atoms with Crippen molar-refractivity contribution in [2.24, 2.45) is 4.99 Å². The van der Waals surface area contributed by atoms with Gasteiger partial charge in [-0.25, -0.2) is 9.79 Å². The Hall–Kier alpha value is -2.65. The molecule has 2 aliphatic rings. The Labute approximate surface area is 158 Å². The van der Waals surface area contributed by atoms with E-state index in [0.29, 0.717) is 12.5 Å². The summed E-state index contributed by atoms with van der Waals surface area (Å²) in [5, 5.41) is 19.3. The molecule has 3 rings (SSSR count). The number of aliphatic hydroxyl groups is 2. The van der Waals surface area contributed by atoms with E-state index in [1.54, 1.807) is 11.9 Å². The van der Waals surface area contributed by atoms with Gasteiger partial charge < -0.3 is 24.9 Å². The van der Waals surface area contributed by atoms with E-state index in [4.69, 9.17) is 0 Å². The van der Waals surface area contributed by atoms with E-state index < -0.39 is 30.9 Å². The molecule has 2 heterocycles. The molecule has 0 bridgehead atoms. The number of aliphatic hydroxyl groups excluding tert-OH is 2. The van der Waals surface area contributed by atoms with Gasteiger partial charge in [0.25, 0.3) is 5.91 Å². The summed E-state index contributed by atoms with van der Waals surface area (Å²) in [6.45, 7) is 0.159. The Bertz CT molecular complexity index is 741. The summed E-state index contributed by atoms with van der Waals surface area (Å²) in [7, 11) is 4.88. The van der Waals surface area contributed by atoms with Gasteiger partial charge in [0.1, 0.15) is 0 Å². The molecule has 1 aromatic rings. The van der Waals surface area contributed by atoms with Crippen molar-refractivity contribution in [3.63, 3.8) is 0 Å². The lowest BCUT2D eigenvalue weighted by Crippen LogP contribution is -2.65. The van der Waals surface area contributed by atoms with Crippen LogP contribution in [0.25, 0.3) is 0 Å². The molecular weight excluding hydrogens is 350 g/mol. The maximum absolute atomic E-state index is 12.8. The van der Waals surface area contributed by atoms with Gasteiger partial charge in [0, 0.05) is 34.2 Å². The Morgan fingerprint density at radius 3 is 2.52 bits per heavy atom. The molecule has 0 saturated carbocycles. The highest BCUT2D eigenvalue weighted by Crippen LogP contribution is 2.28. The van der Waals surface area contributed by atoms with Crippen LogP contribution in [0.5, 0.6) is 0 Å². The van der Waals surface area contributed by atoms with Crippen molar-refractivity contribution in [3.8, 4) is 0 Å². The second-order valence-electron chi connectivity index (χ2n) is 6.91. The lowest BCUT2D eigenvalue weighted by Gasteiger charge is -2.40. The lowest BCUT2D eigenvalue weighted by atomic mass is 10.1. The van der Waals surface area contributed by atoms with Gasteiger partial charge in [0.2, 0.25) is 0 Å². The number of nitrogens with zero attached hydrogens (tertiary/aromatic N) is 5. The number of likely N-dealkylation sites (N-methyl/N-ethyl adjacent to an activating group) is 2. The Morgan fingerprint density at radius 2 is 1.89 bits per heavy atom. The summed E-state index contributed by atoms with van der Waals surface area (Å²) < 4.78 is 0. The first kappa shape index (κ1) is 19.1. The highest BCUT2D eigenvalue weighted by Gasteiger charge is 2.51. The van der Waals surface area contributed by atoms with Gasteiger partial charge in [-0.1, -0.05) is 30.3 Å².